The third kappa shape index (κ3) is 4.53. The van der Waals surface area contributed by atoms with Gasteiger partial charge in [-0.05, 0) is 43.0 Å². The van der Waals surface area contributed by atoms with Crippen LogP contribution in [0.15, 0.2) is 41.3 Å². The summed E-state index contributed by atoms with van der Waals surface area (Å²) in [5, 5.41) is 5.35. The van der Waals surface area contributed by atoms with Crippen molar-refractivity contribution in [3.05, 3.63) is 69.1 Å². The Kier molecular flexibility index (Phi) is 6.11. The van der Waals surface area contributed by atoms with Gasteiger partial charge in [0.15, 0.2) is 0 Å². The number of nitrogens with one attached hydrogen (secondary N) is 2. The quantitative estimate of drug-likeness (QED) is 0.715. The fourth-order valence-corrected chi connectivity index (χ4v) is 3.06. The van der Waals surface area contributed by atoms with Gasteiger partial charge in [0.1, 0.15) is 5.56 Å². The number of pyridine rings is 1. The highest BCUT2D eigenvalue weighted by molar-refractivity contribution is 5.99. The van der Waals surface area contributed by atoms with Crippen LogP contribution < -0.4 is 16.2 Å². The Hall–Kier alpha value is -3.42. The minimum atomic E-state index is -0.553. The van der Waals surface area contributed by atoms with Crippen LogP contribution in [0.3, 0.4) is 0 Å². The molecule has 0 aliphatic heterocycles. The van der Waals surface area contributed by atoms with Crippen LogP contribution in [0.5, 0.6) is 0 Å². The molecule has 3 rings (SSSR count). The van der Waals surface area contributed by atoms with Gasteiger partial charge in [-0.15, -0.1) is 0 Å². The molecular weight excluding hydrogens is 374 g/mol. The lowest BCUT2D eigenvalue weighted by Crippen LogP contribution is -2.40. The van der Waals surface area contributed by atoms with E-state index in [1.54, 1.807) is 24.3 Å². The summed E-state index contributed by atoms with van der Waals surface area (Å²) in [5.41, 5.74) is 0.783. The van der Waals surface area contributed by atoms with Gasteiger partial charge in [-0.2, -0.15) is 0 Å². The molecule has 0 bridgehead atoms. The number of rotatable bonds is 6. The fraction of sp³-hybridized carbons (Fsp3) is 0.333. The molecule has 29 heavy (non-hydrogen) atoms. The maximum atomic E-state index is 12.8. The van der Waals surface area contributed by atoms with E-state index in [2.05, 4.69) is 15.4 Å². The zero-order chi connectivity index (χ0) is 21.0. The molecule has 1 aliphatic rings. The van der Waals surface area contributed by atoms with E-state index in [1.807, 2.05) is 0 Å². The summed E-state index contributed by atoms with van der Waals surface area (Å²) < 4.78 is 6.00. The first-order valence-electron chi connectivity index (χ1n) is 9.37. The molecule has 2 amide bonds. The molecule has 152 valence electrons. The van der Waals surface area contributed by atoms with Crippen LogP contribution in [-0.4, -0.2) is 42.6 Å². The van der Waals surface area contributed by atoms with E-state index in [0.717, 1.165) is 24.8 Å². The van der Waals surface area contributed by atoms with Gasteiger partial charge in [-0.25, -0.2) is 4.79 Å². The highest BCUT2D eigenvalue weighted by Crippen LogP contribution is 2.18. The van der Waals surface area contributed by atoms with E-state index >= 15 is 0 Å². The van der Waals surface area contributed by atoms with E-state index in [4.69, 9.17) is 0 Å². The van der Waals surface area contributed by atoms with Crippen molar-refractivity contribution in [2.45, 2.75) is 31.8 Å². The van der Waals surface area contributed by atoms with Crippen molar-refractivity contribution in [1.29, 1.82) is 0 Å². The van der Waals surface area contributed by atoms with Gasteiger partial charge in [-0.3, -0.25) is 14.4 Å². The average molecular weight is 397 g/mol. The van der Waals surface area contributed by atoms with Crippen molar-refractivity contribution in [2.75, 3.05) is 14.2 Å². The first kappa shape index (κ1) is 20.3. The van der Waals surface area contributed by atoms with Crippen LogP contribution in [0.25, 0.3) is 0 Å². The average Bonchev–Trinajstić information content (AvgIpc) is 2.71. The summed E-state index contributed by atoms with van der Waals surface area (Å²) in [4.78, 5) is 49.0. The summed E-state index contributed by atoms with van der Waals surface area (Å²) in [6.07, 6.45) is 4.40. The van der Waals surface area contributed by atoms with E-state index in [-0.39, 0.29) is 29.6 Å². The Labute approximate surface area is 167 Å². The lowest BCUT2D eigenvalue weighted by atomic mass is 9.93. The topological polar surface area (TPSA) is 106 Å². The van der Waals surface area contributed by atoms with Crippen molar-refractivity contribution in [3.63, 3.8) is 0 Å². The monoisotopic (exact) mass is 397 g/mol. The molecule has 1 aromatic heterocycles. The van der Waals surface area contributed by atoms with Crippen LogP contribution >= 0.6 is 0 Å². The van der Waals surface area contributed by atoms with Crippen molar-refractivity contribution < 1.29 is 19.1 Å². The molecular formula is C21H23N3O5. The van der Waals surface area contributed by atoms with Gasteiger partial charge in [0.2, 0.25) is 0 Å². The molecule has 8 nitrogen and oxygen atoms in total. The predicted octanol–water partition coefficient (Wildman–Crippen LogP) is 1.33. The molecule has 8 heteroatoms. The summed E-state index contributed by atoms with van der Waals surface area (Å²) in [7, 11) is 2.73. The molecule has 0 spiro atoms. The molecule has 2 aromatic rings. The van der Waals surface area contributed by atoms with Gasteiger partial charge >= 0.3 is 5.97 Å². The third-order valence-corrected chi connectivity index (χ3v) is 4.99. The van der Waals surface area contributed by atoms with Crippen LogP contribution in [0, 0.1) is 0 Å². The Bertz CT molecular complexity index is 990. The van der Waals surface area contributed by atoms with E-state index < -0.39 is 17.4 Å². The molecule has 1 fully saturated rings. The van der Waals surface area contributed by atoms with Crippen LogP contribution in [0.1, 0.15) is 55.9 Å². The number of benzene rings is 1. The Morgan fingerprint density at radius 1 is 1.10 bits per heavy atom. The minimum absolute atomic E-state index is 0.0973. The first-order chi connectivity index (χ1) is 13.9. The van der Waals surface area contributed by atoms with Crippen LogP contribution in [0.2, 0.25) is 0 Å². The SMILES string of the molecule is CNC(=O)c1cc(C(=O)NC2CCC2)cn(Cc2ccc(C(=O)OC)cc2)c1=O. The molecule has 0 radical (unpaired) electrons. The Morgan fingerprint density at radius 3 is 2.34 bits per heavy atom. The van der Waals surface area contributed by atoms with E-state index in [9.17, 15) is 19.2 Å². The maximum Gasteiger partial charge on any atom is 0.337 e. The lowest BCUT2D eigenvalue weighted by molar-refractivity contribution is 0.0600. The highest BCUT2D eigenvalue weighted by Gasteiger charge is 2.22. The summed E-state index contributed by atoms with van der Waals surface area (Å²) in [6, 6.07) is 8.04. The number of nitrogens with zero attached hydrogens (tertiary/aromatic N) is 1. The third-order valence-electron chi connectivity index (χ3n) is 4.99. The number of aromatic nitrogens is 1. The second kappa shape index (κ2) is 8.72. The number of hydrogen-bond donors (Lipinski definition) is 2. The molecule has 2 N–H and O–H groups in total. The van der Waals surface area contributed by atoms with Crippen LogP contribution in [0.4, 0.5) is 0 Å². The van der Waals surface area contributed by atoms with E-state index in [1.165, 1.54) is 31.0 Å². The minimum Gasteiger partial charge on any atom is -0.465 e. The van der Waals surface area contributed by atoms with Gasteiger partial charge < -0.3 is 19.9 Å². The maximum absolute atomic E-state index is 12.8. The van der Waals surface area contributed by atoms with Gasteiger partial charge in [0.05, 0.1) is 24.8 Å². The number of amides is 2. The van der Waals surface area contributed by atoms with Crippen molar-refractivity contribution in [2.24, 2.45) is 0 Å². The van der Waals surface area contributed by atoms with Gasteiger partial charge in [0.25, 0.3) is 17.4 Å². The van der Waals surface area contributed by atoms with Crippen LogP contribution in [-0.2, 0) is 11.3 Å². The largest absolute Gasteiger partial charge is 0.465 e. The smallest absolute Gasteiger partial charge is 0.337 e. The van der Waals surface area contributed by atoms with E-state index in [0.29, 0.717) is 5.56 Å². The summed E-state index contributed by atoms with van der Waals surface area (Å²) in [6.45, 7) is 0.148. The normalized spacial score (nSPS) is 13.3. The molecule has 1 aromatic carbocycles. The number of hydrogen-bond acceptors (Lipinski definition) is 5. The lowest BCUT2D eigenvalue weighted by Gasteiger charge is -2.26. The highest BCUT2D eigenvalue weighted by atomic mass is 16.5. The molecule has 0 unspecified atom stereocenters. The molecule has 1 aliphatic carbocycles. The van der Waals surface area contributed by atoms with Gasteiger partial charge in [-0.1, -0.05) is 12.1 Å². The molecule has 1 saturated carbocycles. The number of esters is 1. The Balaban J connectivity index is 1.92. The standard InChI is InChI=1S/C21H23N3O5/c1-22-19(26)17-10-15(18(25)23-16-4-3-5-16)12-24(20(17)27)11-13-6-8-14(9-7-13)21(28)29-2/h6-10,12,16H,3-5,11H2,1-2H3,(H,22,26)(H,23,25). The number of methoxy groups -OCH3 is 1. The van der Waals surface area contributed by atoms with Crippen molar-refractivity contribution >= 4 is 17.8 Å². The zero-order valence-corrected chi connectivity index (χ0v) is 16.4. The molecule has 0 atom stereocenters. The molecule has 1 heterocycles. The predicted molar refractivity (Wildman–Crippen MR) is 106 cm³/mol. The van der Waals surface area contributed by atoms with Crippen molar-refractivity contribution in [3.8, 4) is 0 Å². The zero-order valence-electron chi connectivity index (χ0n) is 16.4. The second-order valence-electron chi connectivity index (χ2n) is 6.94. The summed E-state index contributed by atoms with van der Waals surface area (Å²) in [5.74, 6) is -1.32. The Morgan fingerprint density at radius 2 is 1.79 bits per heavy atom. The number of ether oxygens (including phenoxy) is 1. The second-order valence-corrected chi connectivity index (χ2v) is 6.94. The van der Waals surface area contributed by atoms with Gasteiger partial charge in [0, 0.05) is 19.3 Å². The fourth-order valence-electron chi connectivity index (χ4n) is 3.06. The number of carbonyl (C=O) groups excluding carboxylic acids is 3. The van der Waals surface area contributed by atoms with Crippen molar-refractivity contribution in [1.82, 2.24) is 15.2 Å². The first-order valence-corrected chi connectivity index (χ1v) is 9.37. The summed E-state index contributed by atoms with van der Waals surface area (Å²) >= 11 is 0. The number of carbonyl (C=O) groups is 3. The molecule has 0 saturated heterocycles.